The molecule has 0 aliphatic carbocycles. The second-order valence-corrected chi connectivity index (χ2v) is 5.11. The summed E-state index contributed by atoms with van der Waals surface area (Å²) in [5.41, 5.74) is 0.953. The van der Waals surface area contributed by atoms with Crippen molar-refractivity contribution in [1.82, 2.24) is 10.3 Å². The van der Waals surface area contributed by atoms with Gasteiger partial charge in [-0.2, -0.15) is 0 Å². The van der Waals surface area contributed by atoms with E-state index in [-0.39, 0.29) is 12.4 Å². The van der Waals surface area contributed by atoms with Gasteiger partial charge in [-0.05, 0) is 42.3 Å². The van der Waals surface area contributed by atoms with Crippen LogP contribution in [-0.4, -0.2) is 17.4 Å². The van der Waals surface area contributed by atoms with Crippen molar-refractivity contribution in [2.45, 2.75) is 6.42 Å². The monoisotopic (exact) mass is 318 g/mol. The molecule has 3 rings (SSSR count). The number of aromatic nitrogens is 1. The van der Waals surface area contributed by atoms with Crippen LogP contribution in [-0.2, 0) is 6.42 Å². The molecule has 0 unspecified atom stereocenters. The van der Waals surface area contributed by atoms with E-state index in [1.165, 1.54) is 18.2 Å². The predicted molar refractivity (Wildman–Crippen MR) is 80.7 cm³/mol. The first-order chi connectivity index (χ1) is 11.1. The second kappa shape index (κ2) is 6.16. The van der Waals surface area contributed by atoms with Crippen molar-refractivity contribution >= 4 is 16.8 Å². The molecule has 0 fully saturated rings. The molecule has 118 valence electrons. The average Bonchev–Trinajstić information content (AvgIpc) is 2.89. The molecule has 0 spiro atoms. The van der Waals surface area contributed by atoms with Crippen molar-refractivity contribution in [2.24, 2.45) is 0 Å². The number of rotatable bonds is 4. The Morgan fingerprint density at radius 3 is 2.57 bits per heavy atom. The van der Waals surface area contributed by atoms with E-state index in [4.69, 9.17) is 0 Å². The molecule has 3 aromatic rings. The molecule has 2 aromatic carbocycles. The highest BCUT2D eigenvalue weighted by Crippen LogP contribution is 2.19. The van der Waals surface area contributed by atoms with Crippen LogP contribution in [0.2, 0.25) is 0 Å². The van der Waals surface area contributed by atoms with E-state index >= 15 is 0 Å². The quantitative estimate of drug-likeness (QED) is 0.759. The van der Waals surface area contributed by atoms with Crippen molar-refractivity contribution in [3.8, 4) is 0 Å². The second-order valence-electron chi connectivity index (χ2n) is 5.11. The van der Waals surface area contributed by atoms with Gasteiger partial charge < -0.3 is 10.3 Å². The van der Waals surface area contributed by atoms with Gasteiger partial charge in [-0.3, -0.25) is 4.79 Å². The Balaban J connectivity index is 1.68. The molecule has 3 nitrogen and oxygen atoms in total. The zero-order valence-corrected chi connectivity index (χ0v) is 12.0. The van der Waals surface area contributed by atoms with Crippen molar-refractivity contribution in [3.63, 3.8) is 0 Å². The summed E-state index contributed by atoms with van der Waals surface area (Å²) in [6.45, 7) is 0.205. The summed E-state index contributed by atoms with van der Waals surface area (Å²) in [4.78, 5) is 14.8. The van der Waals surface area contributed by atoms with Gasteiger partial charge in [0.2, 0.25) is 0 Å². The average molecular weight is 318 g/mol. The highest BCUT2D eigenvalue weighted by atomic mass is 19.1. The molecule has 0 aliphatic rings. The van der Waals surface area contributed by atoms with Gasteiger partial charge in [0.15, 0.2) is 0 Å². The standard InChI is InChI=1S/C17H13F3N2O/c18-11-4-5-12-10(9-22-15(12)8-11)6-7-21-17(23)16-13(19)2-1-3-14(16)20/h1-5,8-9,22H,6-7H2,(H,21,23). The maximum absolute atomic E-state index is 13.5. The maximum Gasteiger partial charge on any atom is 0.257 e. The zero-order valence-electron chi connectivity index (χ0n) is 12.0. The molecule has 1 aromatic heterocycles. The van der Waals surface area contributed by atoms with E-state index in [0.717, 1.165) is 23.1 Å². The van der Waals surface area contributed by atoms with E-state index in [0.29, 0.717) is 11.9 Å². The first kappa shape index (κ1) is 15.1. The molecule has 1 heterocycles. The number of aromatic amines is 1. The molecule has 0 aliphatic heterocycles. The number of benzene rings is 2. The minimum Gasteiger partial charge on any atom is -0.361 e. The summed E-state index contributed by atoms with van der Waals surface area (Å²) in [5, 5.41) is 3.33. The van der Waals surface area contributed by atoms with Gasteiger partial charge in [-0.1, -0.05) is 6.07 Å². The maximum atomic E-state index is 13.5. The fraction of sp³-hybridized carbons (Fsp3) is 0.118. The molecule has 0 saturated heterocycles. The highest BCUT2D eigenvalue weighted by Gasteiger charge is 2.16. The third-order valence-corrected chi connectivity index (χ3v) is 3.60. The molecule has 6 heteroatoms. The number of nitrogens with one attached hydrogen (secondary N) is 2. The van der Waals surface area contributed by atoms with Crippen LogP contribution in [0.4, 0.5) is 13.2 Å². The SMILES string of the molecule is O=C(NCCc1c[nH]c2cc(F)ccc12)c1c(F)cccc1F. The van der Waals surface area contributed by atoms with Gasteiger partial charge in [-0.15, -0.1) is 0 Å². The van der Waals surface area contributed by atoms with E-state index in [9.17, 15) is 18.0 Å². The third-order valence-electron chi connectivity index (χ3n) is 3.60. The summed E-state index contributed by atoms with van der Waals surface area (Å²) in [6, 6.07) is 7.65. The number of halogens is 3. The van der Waals surface area contributed by atoms with Gasteiger partial charge in [0, 0.05) is 23.6 Å². The number of fused-ring (bicyclic) bond motifs is 1. The minimum absolute atomic E-state index is 0.205. The molecule has 2 N–H and O–H groups in total. The van der Waals surface area contributed by atoms with Crippen LogP contribution in [0.25, 0.3) is 10.9 Å². The number of hydrogen-bond donors (Lipinski definition) is 2. The molecule has 0 saturated carbocycles. The lowest BCUT2D eigenvalue weighted by atomic mass is 10.1. The lowest BCUT2D eigenvalue weighted by Crippen LogP contribution is -2.27. The van der Waals surface area contributed by atoms with Crippen LogP contribution < -0.4 is 5.32 Å². The summed E-state index contributed by atoms with van der Waals surface area (Å²) in [5.74, 6) is -2.93. The first-order valence-corrected chi connectivity index (χ1v) is 7.04. The number of hydrogen-bond acceptors (Lipinski definition) is 1. The Morgan fingerprint density at radius 2 is 1.83 bits per heavy atom. The van der Waals surface area contributed by atoms with Gasteiger partial charge in [0.05, 0.1) is 0 Å². The lowest BCUT2D eigenvalue weighted by molar-refractivity contribution is 0.0945. The highest BCUT2D eigenvalue weighted by molar-refractivity contribution is 5.94. The zero-order chi connectivity index (χ0) is 16.4. The molecule has 0 radical (unpaired) electrons. The molecule has 1 amide bonds. The van der Waals surface area contributed by atoms with Gasteiger partial charge in [-0.25, -0.2) is 13.2 Å². The Bertz CT molecular complexity index is 853. The van der Waals surface area contributed by atoms with Crippen LogP contribution in [0.5, 0.6) is 0 Å². The topological polar surface area (TPSA) is 44.9 Å². The first-order valence-electron chi connectivity index (χ1n) is 7.04. The Kier molecular flexibility index (Phi) is 4.06. The minimum atomic E-state index is -0.898. The van der Waals surface area contributed by atoms with Gasteiger partial charge in [0.25, 0.3) is 5.91 Å². The number of carbonyl (C=O) groups is 1. The van der Waals surface area contributed by atoms with Crippen molar-refractivity contribution in [3.05, 3.63) is 71.2 Å². The van der Waals surface area contributed by atoms with Crippen LogP contribution in [0.15, 0.2) is 42.6 Å². The number of H-pyrrole nitrogens is 1. The third kappa shape index (κ3) is 3.06. The van der Waals surface area contributed by atoms with Crippen LogP contribution >= 0.6 is 0 Å². The summed E-state index contributed by atoms with van der Waals surface area (Å²) in [6.07, 6.45) is 2.17. The fourth-order valence-electron chi connectivity index (χ4n) is 2.48. The molecule has 0 bridgehead atoms. The Morgan fingerprint density at radius 1 is 1.09 bits per heavy atom. The number of amides is 1. The largest absolute Gasteiger partial charge is 0.361 e. The van der Waals surface area contributed by atoms with Crippen molar-refractivity contribution in [2.75, 3.05) is 6.54 Å². The van der Waals surface area contributed by atoms with Crippen molar-refractivity contribution in [1.29, 1.82) is 0 Å². The lowest BCUT2D eigenvalue weighted by Gasteiger charge is -2.06. The summed E-state index contributed by atoms with van der Waals surface area (Å²) < 4.78 is 40.1. The normalized spacial score (nSPS) is 10.9. The predicted octanol–water partition coefficient (Wildman–Crippen LogP) is 3.56. The fourth-order valence-corrected chi connectivity index (χ4v) is 2.48. The van der Waals surface area contributed by atoms with Gasteiger partial charge >= 0.3 is 0 Å². The van der Waals surface area contributed by atoms with Gasteiger partial charge in [0.1, 0.15) is 23.0 Å². The van der Waals surface area contributed by atoms with E-state index in [1.807, 2.05) is 0 Å². The van der Waals surface area contributed by atoms with E-state index in [1.54, 1.807) is 12.3 Å². The van der Waals surface area contributed by atoms with Crippen molar-refractivity contribution < 1.29 is 18.0 Å². The van der Waals surface area contributed by atoms with Crippen LogP contribution in [0, 0.1) is 17.5 Å². The molecular formula is C17H13F3N2O. The van der Waals surface area contributed by atoms with E-state index < -0.39 is 23.1 Å². The number of carbonyl (C=O) groups excluding carboxylic acids is 1. The summed E-state index contributed by atoms with van der Waals surface area (Å²) >= 11 is 0. The van der Waals surface area contributed by atoms with Crippen LogP contribution in [0.1, 0.15) is 15.9 Å². The molecular weight excluding hydrogens is 305 g/mol. The Hall–Kier alpha value is -2.76. The smallest absolute Gasteiger partial charge is 0.257 e. The van der Waals surface area contributed by atoms with E-state index in [2.05, 4.69) is 10.3 Å². The summed E-state index contributed by atoms with van der Waals surface area (Å²) in [7, 11) is 0. The van der Waals surface area contributed by atoms with Crippen LogP contribution in [0.3, 0.4) is 0 Å². The molecule has 0 atom stereocenters. The molecule has 23 heavy (non-hydrogen) atoms. The Labute approximate surface area is 130 Å².